The largest absolute Gasteiger partial charge is 0.497 e. The number of nitrogens with zero attached hydrogens (tertiary/aromatic N) is 2. The van der Waals surface area contributed by atoms with Crippen molar-refractivity contribution in [3.8, 4) is 17.1 Å². The Morgan fingerprint density at radius 3 is 2.57 bits per heavy atom. The van der Waals surface area contributed by atoms with Gasteiger partial charge in [0.05, 0.1) is 18.6 Å². The molecule has 9 nitrogen and oxygen atoms in total. The number of aromatic amines is 1. The highest BCUT2D eigenvalue weighted by Crippen LogP contribution is 2.19. The van der Waals surface area contributed by atoms with Crippen LogP contribution in [0.5, 0.6) is 5.75 Å². The lowest BCUT2D eigenvalue weighted by atomic mass is 10.1. The highest BCUT2D eigenvalue weighted by molar-refractivity contribution is 7.89. The number of amides is 1. The maximum Gasteiger partial charge on any atom is 0.251 e. The van der Waals surface area contributed by atoms with Gasteiger partial charge in [0.25, 0.3) is 5.91 Å². The van der Waals surface area contributed by atoms with Crippen LogP contribution in [-0.4, -0.2) is 36.6 Å². The van der Waals surface area contributed by atoms with Crippen LogP contribution in [0.2, 0.25) is 0 Å². The Morgan fingerprint density at radius 1 is 1.21 bits per heavy atom. The molecule has 3 aromatic rings. The van der Waals surface area contributed by atoms with Gasteiger partial charge in [-0.15, -0.1) is 0 Å². The summed E-state index contributed by atoms with van der Waals surface area (Å²) in [6.45, 7) is 1.80. The van der Waals surface area contributed by atoms with Gasteiger partial charge in [-0.25, -0.2) is 18.5 Å². The fourth-order valence-corrected chi connectivity index (χ4v) is 3.07. The molecule has 0 bridgehead atoms. The number of carbonyl (C=O) groups is 1. The lowest BCUT2D eigenvalue weighted by molar-refractivity contribution is 0.0949. The van der Waals surface area contributed by atoms with Crippen molar-refractivity contribution >= 4 is 15.9 Å². The number of H-pyrrole nitrogens is 1. The third-order valence-electron chi connectivity index (χ3n) is 4.08. The van der Waals surface area contributed by atoms with Crippen LogP contribution >= 0.6 is 0 Å². The van der Waals surface area contributed by atoms with E-state index in [1.165, 1.54) is 18.2 Å². The Bertz CT molecular complexity index is 1110. The van der Waals surface area contributed by atoms with Gasteiger partial charge < -0.3 is 10.1 Å². The van der Waals surface area contributed by atoms with Gasteiger partial charge in [0.1, 0.15) is 11.6 Å². The van der Waals surface area contributed by atoms with E-state index in [4.69, 9.17) is 9.88 Å². The number of carbonyl (C=O) groups excluding carboxylic acids is 1. The predicted octanol–water partition coefficient (Wildman–Crippen LogP) is 1.37. The fraction of sp³-hybridized carbons (Fsp3) is 0.167. The number of hydrogen-bond acceptors (Lipinski definition) is 6. The second kappa shape index (κ2) is 7.79. The lowest BCUT2D eigenvalue weighted by Crippen LogP contribution is -2.25. The number of rotatable bonds is 6. The Labute approximate surface area is 162 Å². The minimum atomic E-state index is -3.89. The number of benzene rings is 2. The molecule has 0 spiro atoms. The molecule has 0 saturated heterocycles. The molecular formula is C18H19N5O4S. The van der Waals surface area contributed by atoms with Gasteiger partial charge in [0, 0.05) is 11.1 Å². The fourth-order valence-electron chi connectivity index (χ4n) is 2.53. The van der Waals surface area contributed by atoms with Crippen LogP contribution in [0.4, 0.5) is 0 Å². The van der Waals surface area contributed by atoms with Crippen molar-refractivity contribution in [1.82, 2.24) is 20.5 Å². The molecule has 1 heterocycles. The molecule has 4 N–H and O–H groups in total. The summed E-state index contributed by atoms with van der Waals surface area (Å²) in [6, 6.07) is 11.4. The van der Waals surface area contributed by atoms with E-state index >= 15 is 0 Å². The molecule has 0 saturated carbocycles. The molecule has 0 aliphatic heterocycles. The molecule has 0 radical (unpaired) electrons. The van der Waals surface area contributed by atoms with Crippen LogP contribution in [0, 0.1) is 6.92 Å². The minimum absolute atomic E-state index is 0.0982. The molecule has 0 atom stereocenters. The van der Waals surface area contributed by atoms with E-state index in [1.54, 1.807) is 26.2 Å². The van der Waals surface area contributed by atoms with Crippen molar-refractivity contribution in [2.24, 2.45) is 5.14 Å². The molecule has 146 valence electrons. The van der Waals surface area contributed by atoms with Crippen LogP contribution in [0.25, 0.3) is 11.4 Å². The Hall–Kier alpha value is -3.24. The number of sulfonamides is 1. The van der Waals surface area contributed by atoms with Gasteiger partial charge in [-0.05, 0) is 48.9 Å². The highest BCUT2D eigenvalue weighted by atomic mass is 32.2. The molecule has 2 aromatic carbocycles. The maximum atomic E-state index is 12.4. The molecule has 10 heteroatoms. The van der Waals surface area contributed by atoms with Crippen LogP contribution in [0.3, 0.4) is 0 Å². The predicted molar refractivity (Wildman–Crippen MR) is 102 cm³/mol. The van der Waals surface area contributed by atoms with Crippen LogP contribution < -0.4 is 15.2 Å². The molecule has 0 unspecified atom stereocenters. The van der Waals surface area contributed by atoms with E-state index in [-0.39, 0.29) is 17.0 Å². The summed E-state index contributed by atoms with van der Waals surface area (Å²) in [4.78, 5) is 16.7. The molecule has 1 aromatic heterocycles. The molecule has 28 heavy (non-hydrogen) atoms. The van der Waals surface area contributed by atoms with Gasteiger partial charge >= 0.3 is 0 Å². The first-order valence-corrected chi connectivity index (χ1v) is 9.80. The highest BCUT2D eigenvalue weighted by Gasteiger charge is 2.15. The van der Waals surface area contributed by atoms with Gasteiger partial charge in [0.2, 0.25) is 10.0 Å². The van der Waals surface area contributed by atoms with Crippen LogP contribution in [-0.2, 0) is 16.6 Å². The topological polar surface area (TPSA) is 140 Å². The zero-order valence-corrected chi connectivity index (χ0v) is 16.1. The van der Waals surface area contributed by atoms with Crippen molar-refractivity contribution in [2.75, 3.05) is 7.11 Å². The maximum absolute atomic E-state index is 12.4. The zero-order valence-electron chi connectivity index (χ0n) is 15.3. The Kier molecular flexibility index (Phi) is 5.43. The van der Waals surface area contributed by atoms with Crippen molar-refractivity contribution in [1.29, 1.82) is 0 Å². The number of primary sulfonamides is 1. The number of nitrogens with two attached hydrogens (primary N) is 1. The van der Waals surface area contributed by atoms with Gasteiger partial charge in [0.15, 0.2) is 5.82 Å². The summed E-state index contributed by atoms with van der Waals surface area (Å²) in [5.74, 6) is 1.23. The van der Waals surface area contributed by atoms with Crippen molar-refractivity contribution in [2.45, 2.75) is 18.4 Å². The first-order chi connectivity index (χ1) is 13.3. The number of aromatic nitrogens is 3. The lowest BCUT2D eigenvalue weighted by Gasteiger charge is -2.08. The van der Waals surface area contributed by atoms with Crippen molar-refractivity contribution in [3.05, 3.63) is 59.4 Å². The molecule has 0 fully saturated rings. The molecule has 0 aliphatic rings. The molecular weight excluding hydrogens is 382 g/mol. The summed E-state index contributed by atoms with van der Waals surface area (Å²) < 4.78 is 28.1. The zero-order chi connectivity index (χ0) is 20.3. The average molecular weight is 401 g/mol. The summed E-state index contributed by atoms with van der Waals surface area (Å²) in [5.41, 5.74) is 1.65. The number of methoxy groups -OCH3 is 1. The van der Waals surface area contributed by atoms with Crippen molar-refractivity contribution < 1.29 is 17.9 Å². The van der Waals surface area contributed by atoms with Gasteiger partial charge in [-0.3, -0.25) is 9.89 Å². The van der Waals surface area contributed by atoms with E-state index < -0.39 is 15.9 Å². The first-order valence-electron chi connectivity index (χ1n) is 8.25. The average Bonchev–Trinajstić information content (AvgIpc) is 3.14. The number of ether oxygens (including phenoxy) is 1. The van der Waals surface area contributed by atoms with Gasteiger partial charge in [-0.1, -0.05) is 6.07 Å². The van der Waals surface area contributed by atoms with E-state index in [2.05, 4.69) is 20.5 Å². The second-order valence-corrected chi connectivity index (χ2v) is 7.60. The second-order valence-electron chi connectivity index (χ2n) is 6.04. The SMILES string of the molecule is COc1ccc(-c2n[nH]c(CNC(=O)c3cc(S(N)(=O)=O)ccc3C)n2)cc1. The van der Waals surface area contributed by atoms with E-state index in [0.29, 0.717) is 17.2 Å². The molecule has 3 rings (SSSR count). The molecule has 1 amide bonds. The summed E-state index contributed by atoms with van der Waals surface area (Å²) in [5, 5.41) is 14.7. The van der Waals surface area contributed by atoms with E-state index in [1.807, 2.05) is 12.1 Å². The quantitative estimate of drug-likeness (QED) is 0.570. The third kappa shape index (κ3) is 4.35. The first kappa shape index (κ1) is 19.5. The van der Waals surface area contributed by atoms with Gasteiger partial charge in [-0.2, -0.15) is 5.10 Å². The Morgan fingerprint density at radius 2 is 1.93 bits per heavy atom. The molecule has 0 aliphatic carbocycles. The van der Waals surface area contributed by atoms with E-state index in [0.717, 1.165) is 11.3 Å². The van der Waals surface area contributed by atoms with Crippen molar-refractivity contribution in [3.63, 3.8) is 0 Å². The van der Waals surface area contributed by atoms with E-state index in [9.17, 15) is 13.2 Å². The standard InChI is InChI=1S/C18H19N5O4S/c1-11-3-8-14(28(19,25)26)9-15(11)18(24)20-10-16-21-17(23-22-16)12-4-6-13(27-2)7-5-12/h3-9H,10H2,1-2H3,(H,20,24)(H2,19,25,26)(H,21,22,23). The normalized spacial score (nSPS) is 11.2. The summed E-state index contributed by atoms with van der Waals surface area (Å²) in [7, 11) is -2.31. The minimum Gasteiger partial charge on any atom is -0.497 e. The summed E-state index contributed by atoms with van der Waals surface area (Å²) >= 11 is 0. The monoisotopic (exact) mass is 401 g/mol. The number of nitrogens with one attached hydrogen (secondary N) is 2. The number of hydrogen-bond donors (Lipinski definition) is 3. The van der Waals surface area contributed by atoms with Crippen LogP contribution in [0.15, 0.2) is 47.4 Å². The number of aryl methyl sites for hydroxylation is 1. The Balaban J connectivity index is 1.71. The smallest absolute Gasteiger partial charge is 0.251 e. The van der Waals surface area contributed by atoms with Crippen LogP contribution in [0.1, 0.15) is 21.7 Å². The summed E-state index contributed by atoms with van der Waals surface area (Å²) in [6.07, 6.45) is 0. The third-order valence-corrected chi connectivity index (χ3v) is 4.99.